The quantitative estimate of drug-likeness (QED) is 0.793. The summed E-state index contributed by atoms with van der Waals surface area (Å²) in [6.07, 6.45) is -0.576. The lowest BCUT2D eigenvalue weighted by Gasteiger charge is -2.34. The molecule has 1 aliphatic heterocycles. The van der Waals surface area contributed by atoms with Crippen molar-refractivity contribution in [3.63, 3.8) is 0 Å². The molecule has 0 spiro atoms. The van der Waals surface area contributed by atoms with Crippen molar-refractivity contribution in [2.45, 2.75) is 39.7 Å². The van der Waals surface area contributed by atoms with Crippen LogP contribution >= 0.6 is 0 Å². The van der Waals surface area contributed by atoms with E-state index >= 15 is 0 Å². The predicted molar refractivity (Wildman–Crippen MR) is 120 cm³/mol. The largest absolute Gasteiger partial charge is 0.481 e. The Morgan fingerprint density at radius 2 is 1.66 bits per heavy atom. The van der Waals surface area contributed by atoms with Crippen molar-refractivity contribution in [2.24, 2.45) is 0 Å². The number of piperazine rings is 1. The molecule has 2 aromatic rings. The smallest absolute Gasteiger partial charge is 0.265 e. The Balaban J connectivity index is 1.59. The van der Waals surface area contributed by atoms with E-state index in [2.05, 4.69) is 54.2 Å². The average molecular weight is 396 g/mol. The monoisotopic (exact) mass is 395 g/mol. The molecule has 29 heavy (non-hydrogen) atoms. The highest BCUT2D eigenvalue weighted by Crippen LogP contribution is 2.25. The molecular weight excluding hydrogens is 362 g/mol. The van der Waals surface area contributed by atoms with Crippen LogP contribution in [-0.2, 0) is 4.79 Å². The van der Waals surface area contributed by atoms with Gasteiger partial charge in [0.1, 0.15) is 5.75 Å². The molecule has 1 N–H and O–H groups in total. The van der Waals surface area contributed by atoms with E-state index in [-0.39, 0.29) is 5.91 Å². The Kier molecular flexibility index (Phi) is 6.80. The molecule has 0 unspecified atom stereocenters. The van der Waals surface area contributed by atoms with E-state index in [0.29, 0.717) is 5.92 Å². The van der Waals surface area contributed by atoms with Gasteiger partial charge in [-0.1, -0.05) is 26.0 Å². The summed E-state index contributed by atoms with van der Waals surface area (Å²) in [5.41, 5.74) is 4.22. The molecule has 0 bridgehead atoms. The molecule has 0 aromatic heterocycles. The summed E-state index contributed by atoms with van der Waals surface area (Å²) in [5, 5.41) is 2.97. The summed E-state index contributed by atoms with van der Waals surface area (Å²) in [4.78, 5) is 17.3. The normalized spacial score (nSPS) is 16.0. The van der Waals surface area contributed by atoms with Crippen LogP contribution in [0.1, 0.15) is 37.8 Å². The molecule has 0 saturated carbocycles. The van der Waals surface area contributed by atoms with E-state index in [9.17, 15) is 4.79 Å². The predicted octanol–water partition coefficient (Wildman–Crippen LogP) is 4.28. The molecule has 1 fully saturated rings. The number of anilines is 2. The highest BCUT2D eigenvalue weighted by Gasteiger charge is 2.18. The van der Waals surface area contributed by atoms with Gasteiger partial charge in [0.15, 0.2) is 6.10 Å². The summed E-state index contributed by atoms with van der Waals surface area (Å²) in [6.45, 7) is 12.3. The third-order valence-corrected chi connectivity index (χ3v) is 5.56. The zero-order valence-electron chi connectivity index (χ0n) is 18.2. The minimum Gasteiger partial charge on any atom is -0.481 e. The van der Waals surface area contributed by atoms with Gasteiger partial charge in [0.2, 0.25) is 0 Å². The number of nitrogens with one attached hydrogen (secondary N) is 1. The minimum absolute atomic E-state index is 0.147. The van der Waals surface area contributed by atoms with Crippen LogP contribution in [0, 0.1) is 6.92 Å². The van der Waals surface area contributed by atoms with E-state index in [1.165, 1.54) is 11.3 Å². The third-order valence-electron chi connectivity index (χ3n) is 5.56. The standard InChI is InChI=1S/C24H33N3O2/c1-17(2)20-7-6-18(3)23(16-20)29-19(4)24(28)25-21-8-10-22(11-9-21)27-14-12-26(5)13-15-27/h6-11,16-17,19H,12-15H2,1-5H3,(H,25,28)/t19-/m0/s1. The minimum atomic E-state index is -0.576. The van der Waals surface area contributed by atoms with Crippen LogP contribution in [-0.4, -0.2) is 50.1 Å². The van der Waals surface area contributed by atoms with Gasteiger partial charge in [-0.25, -0.2) is 0 Å². The fraction of sp³-hybridized carbons (Fsp3) is 0.458. The van der Waals surface area contributed by atoms with Crippen molar-refractivity contribution in [1.82, 2.24) is 4.90 Å². The van der Waals surface area contributed by atoms with Crippen LogP contribution in [0.5, 0.6) is 5.75 Å². The first kappa shape index (κ1) is 21.2. The average Bonchev–Trinajstić information content (AvgIpc) is 2.70. The first-order valence-corrected chi connectivity index (χ1v) is 10.4. The second-order valence-electron chi connectivity index (χ2n) is 8.27. The lowest BCUT2D eigenvalue weighted by Crippen LogP contribution is -2.44. The molecule has 5 heteroatoms. The fourth-order valence-corrected chi connectivity index (χ4v) is 3.41. The van der Waals surface area contributed by atoms with E-state index in [1.807, 2.05) is 31.2 Å². The van der Waals surface area contributed by atoms with Gasteiger partial charge < -0.3 is 19.9 Å². The SMILES string of the molecule is Cc1ccc(C(C)C)cc1O[C@@H](C)C(=O)Nc1ccc(N2CCN(C)CC2)cc1. The number of amides is 1. The lowest BCUT2D eigenvalue weighted by atomic mass is 10.0. The molecule has 0 aliphatic carbocycles. The Morgan fingerprint density at radius 3 is 2.28 bits per heavy atom. The highest BCUT2D eigenvalue weighted by atomic mass is 16.5. The van der Waals surface area contributed by atoms with Gasteiger partial charge in [-0.05, 0) is 68.3 Å². The molecule has 1 saturated heterocycles. The summed E-state index contributed by atoms with van der Waals surface area (Å²) in [6, 6.07) is 14.3. The number of hydrogen-bond acceptors (Lipinski definition) is 4. The van der Waals surface area contributed by atoms with Crippen LogP contribution in [0.25, 0.3) is 0 Å². The third kappa shape index (κ3) is 5.51. The first-order valence-electron chi connectivity index (χ1n) is 10.4. The van der Waals surface area contributed by atoms with E-state index < -0.39 is 6.10 Å². The lowest BCUT2D eigenvalue weighted by molar-refractivity contribution is -0.122. The van der Waals surface area contributed by atoms with E-state index in [4.69, 9.17) is 4.74 Å². The molecule has 156 valence electrons. The van der Waals surface area contributed by atoms with Crippen LogP contribution < -0.4 is 15.0 Å². The first-order chi connectivity index (χ1) is 13.8. The maximum atomic E-state index is 12.6. The number of aryl methyl sites for hydroxylation is 1. The van der Waals surface area contributed by atoms with E-state index in [1.54, 1.807) is 6.92 Å². The number of likely N-dealkylation sites (N-methyl/N-ethyl adjacent to an activating group) is 1. The second-order valence-corrected chi connectivity index (χ2v) is 8.27. The summed E-state index contributed by atoms with van der Waals surface area (Å²) >= 11 is 0. The number of carbonyl (C=O) groups excluding carboxylic acids is 1. The number of carbonyl (C=O) groups is 1. The molecule has 0 radical (unpaired) electrons. The zero-order valence-corrected chi connectivity index (χ0v) is 18.2. The number of nitrogens with zero attached hydrogens (tertiary/aromatic N) is 2. The van der Waals surface area contributed by atoms with Gasteiger partial charge in [0, 0.05) is 37.6 Å². The van der Waals surface area contributed by atoms with Crippen molar-refractivity contribution in [1.29, 1.82) is 0 Å². The second kappa shape index (κ2) is 9.31. The van der Waals surface area contributed by atoms with Crippen molar-refractivity contribution in [2.75, 3.05) is 43.4 Å². The number of rotatable bonds is 6. The zero-order chi connectivity index (χ0) is 21.0. The van der Waals surface area contributed by atoms with Gasteiger partial charge >= 0.3 is 0 Å². The molecule has 2 aromatic carbocycles. The van der Waals surface area contributed by atoms with Gasteiger partial charge in [-0.3, -0.25) is 4.79 Å². The number of hydrogen-bond donors (Lipinski definition) is 1. The van der Waals surface area contributed by atoms with Gasteiger partial charge in [0.05, 0.1) is 0 Å². The Morgan fingerprint density at radius 1 is 1.00 bits per heavy atom. The number of ether oxygens (including phenoxy) is 1. The van der Waals surface area contributed by atoms with Crippen molar-refractivity contribution in [3.05, 3.63) is 53.6 Å². The topological polar surface area (TPSA) is 44.8 Å². The van der Waals surface area contributed by atoms with Crippen LogP contribution in [0.4, 0.5) is 11.4 Å². The van der Waals surface area contributed by atoms with Crippen LogP contribution in [0.3, 0.4) is 0 Å². The fourth-order valence-electron chi connectivity index (χ4n) is 3.41. The Bertz CT molecular complexity index is 825. The van der Waals surface area contributed by atoms with Gasteiger partial charge in [-0.2, -0.15) is 0 Å². The maximum Gasteiger partial charge on any atom is 0.265 e. The highest BCUT2D eigenvalue weighted by molar-refractivity contribution is 5.94. The Hall–Kier alpha value is -2.53. The van der Waals surface area contributed by atoms with Crippen LogP contribution in [0.15, 0.2) is 42.5 Å². The molecular formula is C24H33N3O2. The molecule has 1 atom stereocenters. The van der Waals surface area contributed by atoms with Crippen molar-refractivity contribution < 1.29 is 9.53 Å². The molecule has 1 heterocycles. The number of benzene rings is 2. The van der Waals surface area contributed by atoms with Crippen molar-refractivity contribution >= 4 is 17.3 Å². The molecule has 3 rings (SSSR count). The summed E-state index contributed by atoms with van der Waals surface area (Å²) in [7, 11) is 2.15. The summed E-state index contributed by atoms with van der Waals surface area (Å²) in [5.74, 6) is 1.04. The molecule has 5 nitrogen and oxygen atoms in total. The van der Waals surface area contributed by atoms with E-state index in [0.717, 1.165) is 43.2 Å². The maximum absolute atomic E-state index is 12.6. The Labute approximate surface area is 174 Å². The molecule has 1 amide bonds. The molecule has 1 aliphatic rings. The summed E-state index contributed by atoms with van der Waals surface area (Å²) < 4.78 is 5.97. The van der Waals surface area contributed by atoms with Crippen LogP contribution in [0.2, 0.25) is 0 Å². The van der Waals surface area contributed by atoms with Gasteiger partial charge in [0.25, 0.3) is 5.91 Å². The van der Waals surface area contributed by atoms with Gasteiger partial charge in [-0.15, -0.1) is 0 Å². The van der Waals surface area contributed by atoms with Crippen molar-refractivity contribution in [3.8, 4) is 5.75 Å².